The topological polar surface area (TPSA) is 0 Å². The van der Waals surface area contributed by atoms with E-state index in [2.05, 4.69) is 6.92 Å². The minimum absolute atomic E-state index is 0. The molecule has 0 saturated carbocycles. The molecule has 0 bridgehead atoms. The zero-order valence-electron chi connectivity index (χ0n) is 3.07. The monoisotopic (exact) mass is 194 g/mol. The maximum atomic E-state index is 4.84. The van der Waals surface area contributed by atoms with Crippen molar-refractivity contribution in [3.05, 3.63) is 19.6 Å². The summed E-state index contributed by atoms with van der Waals surface area (Å²) in [5.74, 6) is 0. The van der Waals surface area contributed by atoms with E-state index in [0.29, 0.717) is 0 Å². The molecule has 0 nitrogen and oxygen atoms in total. The van der Waals surface area contributed by atoms with Gasteiger partial charge in [-0.15, -0.1) is 0 Å². The summed E-state index contributed by atoms with van der Waals surface area (Å²) in [7, 11) is 0. The van der Waals surface area contributed by atoms with E-state index in [1.807, 2.05) is 0 Å². The molecule has 0 fully saturated rings. The first-order chi connectivity index (χ1) is 1.91. The molecule has 0 unspecified atom stereocenters. The van der Waals surface area contributed by atoms with Crippen LogP contribution in [0.5, 0.6) is 0 Å². The molecule has 0 N–H and O–H groups in total. The summed E-state index contributed by atoms with van der Waals surface area (Å²) >= 11 is 0. The van der Waals surface area contributed by atoms with Gasteiger partial charge in [0, 0.05) is 41.7 Å². The van der Waals surface area contributed by atoms with Gasteiger partial charge in [-0.25, -0.2) is 0 Å². The van der Waals surface area contributed by atoms with Gasteiger partial charge in [-0.05, 0) is 0 Å². The van der Waals surface area contributed by atoms with Crippen molar-refractivity contribution in [2.24, 2.45) is 0 Å². The molecule has 0 aromatic carbocycles. The first kappa shape index (κ1) is 9.45. The summed E-state index contributed by atoms with van der Waals surface area (Å²) in [6.07, 6.45) is 2.24. The van der Waals surface area contributed by atoms with E-state index >= 15 is 0 Å². The van der Waals surface area contributed by atoms with Crippen molar-refractivity contribution < 1.29 is 41.7 Å². The fourth-order valence-electron chi connectivity index (χ4n) is 0. The van der Waals surface area contributed by atoms with E-state index in [9.17, 15) is 0 Å². The van der Waals surface area contributed by atoms with E-state index in [1.54, 1.807) is 0 Å². The SMILES string of the molecule is [CH-]=CC[CH2-].[Ce]. The van der Waals surface area contributed by atoms with Gasteiger partial charge in [0.2, 0.25) is 0 Å². The molecule has 5 heavy (non-hydrogen) atoms. The van der Waals surface area contributed by atoms with Gasteiger partial charge >= 0.3 is 0 Å². The number of rotatable bonds is 1. The largest absolute Gasteiger partial charge is 0.520 e. The predicted molar refractivity (Wildman–Crippen MR) is 18.8 cm³/mol. The van der Waals surface area contributed by atoms with Crippen molar-refractivity contribution in [1.29, 1.82) is 0 Å². The normalized spacial score (nSPS) is 5.00. The van der Waals surface area contributed by atoms with Crippen LogP contribution >= 0.6 is 0 Å². The standard InChI is InChI=1S/C4H6.Ce/c1-3-4-2;/h1,3H,2,4H2;/q-2;. The Morgan fingerprint density at radius 1 is 1.80 bits per heavy atom. The van der Waals surface area contributed by atoms with Crippen LogP contribution in [0.25, 0.3) is 0 Å². The van der Waals surface area contributed by atoms with Crippen LogP contribution < -0.4 is 0 Å². The molecule has 0 heterocycles. The molecule has 0 saturated heterocycles. The summed E-state index contributed by atoms with van der Waals surface area (Å²) < 4.78 is 0. The second kappa shape index (κ2) is 8.93. The van der Waals surface area contributed by atoms with Crippen molar-refractivity contribution in [1.82, 2.24) is 0 Å². The summed E-state index contributed by atoms with van der Waals surface area (Å²) in [4.78, 5) is 0. The van der Waals surface area contributed by atoms with Crippen LogP contribution in [0.2, 0.25) is 0 Å². The summed E-state index contributed by atoms with van der Waals surface area (Å²) in [5.41, 5.74) is 0. The Kier molecular flexibility index (Phi) is 16.9. The van der Waals surface area contributed by atoms with Crippen molar-refractivity contribution >= 4 is 0 Å². The van der Waals surface area contributed by atoms with Crippen LogP contribution in [-0.4, -0.2) is 0 Å². The first-order valence-electron chi connectivity index (χ1n) is 1.24. The van der Waals surface area contributed by atoms with E-state index in [1.165, 1.54) is 6.08 Å². The van der Waals surface area contributed by atoms with Crippen LogP contribution in [0.1, 0.15) is 6.42 Å². The van der Waals surface area contributed by atoms with E-state index in [-0.39, 0.29) is 41.7 Å². The third kappa shape index (κ3) is 11.1. The average molecular weight is 194 g/mol. The minimum Gasteiger partial charge on any atom is -0.520 e. The zero-order chi connectivity index (χ0) is 3.41. The molecule has 28 valence electrons. The van der Waals surface area contributed by atoms with Gasteiger partial charge in [0.15, 0.2) is 0 Å². The van der Waals surface area contributed by atoms with Crippen LogP contribution in [-0.2, 0) is 0 Å². The van der Waals surface area contributed by atoms with E-state index in [4.69, 9.17) is 6.58 Å². The molecule has 0 aromatic rings. The van der Waals surface area contributed by atoms with Crippen LogP contribution in [0.3, 0.4) is 0 Å². The van der Waals surface area contributed by atoms with Crippen molar-refractivity contribution in [3.8, 4) is 0 Å². The number of hydrogen-bond acceptors (Lipinski definition) is 0. The molecule has 0 spiro atoms. The van der Waals surface area contributed by atoms with E-state index < -0.39 is 0 Å². The average Bonchev–Trinajstić information content (AvgIpc) is 1.37. The van der Waals surface area contributed by atoms with Gasteiger partial charge in [0.05, 0.1) is 0 Å². The van der Waals surface area contributed by atoms with Crippen LogP contribution in [0, 0.1) is 55.2 Å². The van der Waals surface area contributed by atoms with Crippen molar-refractivity contribution in [3.63, 3.8) is 0 Å². The Morgan fingerprint density at radius 3 is 2.00 bits per heavy atom. The van der Waals surface area contributed by atoms with Crippen LogP contribution in [0.15, 0.2) is 6.08 Å². The second-order valence-electron chi connectivity index (χ2n) is 0.524. The Labute approximate surface area is 67.0 Å². The van der Waals surface area contributed by atoms with Gasteiger partial charge in [-0.1, -0.05) is 0 Å². The smallest absolute Gasteiger partial charge is 0 e. The molecule has 0 aromatic heterocycles. The molecule has 0 atom stereocenters. The molecule has 1 heteroatoms. The fraction of sp³-hybridized carbons (Fsp3) is 0.250. The molecule has 0 aliphatic carbocycles. The molecular weight excluding hydrogens is 188 g/mol. The summed E-state index contributed by atoms with van der Waals surface area (Å²) in [6.45, 7) is 8.26. The fourth-order valence-corrected chi connectivity index (χ4v) is 0. The van der Waals surface area contributed by atoms with Crippen molar-refractivity contribution in [2.45, 2.75) is 6.42 Å². The maximum absolute atomic E-state index is 4.84. The quantitative estimate of drug-likeness (QED) is 0.550. The maximum Gasteiger partial charge on any atom is 0 e. The Morgan fingerprint density at radius 2 is 2.00 bits per heavy atom. The summed E-state index contributed by atoms with van der Waals surface area (Å²) in [5, 5.41) is 0. The zero-order valence-corrected chi connectivity index (χ0v) is 6.21. The summed E-state index contributed by atoms with van der Waals surface area (Å²) in [6, 6.07) is 0. The van der Waals surface area contributed by atoms with Gasteiger partial charge in [0.1, 0.15) is 0 Å². The molecule has 0 radical (unpaired) electrons. The first-order valence-corrected chi connectivity index (χ1v) is 1.24. The Hall–Kier alpha value is 1.12. The van der Waals surface area contributed by atoms with Crippen LogP contribution in [0.4, 0.5) is 0 Å². The third-order valence-electron chi connectivity index (χ3n) is 0.167. The molecule has 0 aliphatic rings. The van der Waals surface area contributed by atoms with Gasteiger partial charge < -0.3 is 19.6 Å². The minimum atomic E-state index is 0. The molecule has 0 amide bonds. The Bertz CT molecular complexity index is 17.6. The number of hydrogen-bond donors (Lipinski definition) is 0. The van der Waals surface area contributed by atoms with Gasteiger partial charge in [-0.2, -0.15) is 6.42 Å². The predicted octanol–water partition coefficient (Wildman–Crippen LogP) is 1.20. The molecule has 0 rings (SSSR count). The second-order valence-corrected chi connectivity index (χ2v) is 0.524. The Balaban J connectivity index is 0. The number of allylic oxidation sites excluding steroid dienone is 1. The van der Waals surface area contributed by atoms with Gasteiger partial charge in [-0.3, -0.25) is 0 Å². The van der Waals surface area contributed by atoms with E-state index in [0.717, 1.165) is 6.42 Å². The van der Waals surface area contributed by atoms with Crippen molar-refractivity contribution in [2.75, 3.05) is 0 Å². The molecule has 0 aliphatic heterocycles. The van der Waals surface area contributed by atoms with Gasteiger partial charge in [0.25, 0.3) is 0 Å². The molecular formula is C4H6Ce-2. The third-order valence-corrected chi connectivity index (χ3v) is 0.167.